The summed E-state index contributed by atoms with van der Waals surface area (Å²) < 4.78 is 4.97. The Morgan fingerprint density at radius 3 is 2.48 bits per heavy atom. The number of nitrogens with two attached hydrogens (primary N) is 1. The van der Waals surface area contributed by atoms with Gasteiger partial charge in [-0.05, 0) is 55.7 Å². The number of esters is 1. The Labute approximate surface area is 137 Å². The molecule has 2 rings (SSSR count). The number of nitrogens with one attached hydrogen (secondary N) is 1. The minimum absolute atomic E-state index is 0.350. The van der Waals surface area contributed by atoms with Gasteiger partial charge in [0.1, 0.15) is 0 Å². The lowest BCUT2D eigenvalue weighted by Crippen LogP contribution is -2.06. The number of anilines is 3. The van der Waals surface area contributed by atoms with Gasteiger partial charge in [0.15, 0.2) is 0 Å². The molecule has 0 heterocycles. The van der Waals surface area contributed by atoms with E-state index in [0.717, 1.165) is 17.8 Å². The largest absolute Gasteiger partial charge is 0.462 e. The van der Waals surface area contributed by atoms with E-state index >= 15 is 0 Å². The van der Waals surface area contributed by atoms with Gasteiger partial charge in [0.05, 0.1) is 23.5 Å². The zero-order valence-electron chi connectivity index (χ0n) is 13.8. The monoisotopic (exact) mass is 312 g/mol. The summed E-state index contributed by atoms with van der Waals surface area (Å²) in [5, 5.41) is 3.28. The summed E-state index contributed by atoms with van der Waals surface area (Å²) in [5.74, 6) is -0.356. The van der Waals surface area contributed by atoms with Gasteiger partial charge in [0, 0.05) is 5.69 Å². The van der Waals surface area contributed by atoms with Crippen LogP contribution in [0.25, 0.3) is 0 Å². The van der Waals surface area contributed by atoms with Crippen LogP contribution in [0.1, 0.15) is 42.6 Å². The molecule has 4 nitrogen and oxygen atoms in total. The molecule has 0 aliphatic carbocycles. The second-order valence-corrected chi connectivity index (χ2v) is 5.45. The third kappa shape index (κ3) is 4.74. The van der Waals surface area contributed by atoms with E-state index in [2.05, 4.69) is 24.4 Å². The molecule has 0 amide bonds. The molecule has 0 aliphatic rings. The van der Waals surface area contributed by atoms with Crippen LogP contribution in [0, 0.1) is 0 Å². The van der Waals surface area contributed by atoms with Crippen LogP contribution >= 0.6 is 0 Å². The third-order valence-corrected chi connectivity index (χ3v) is 3.61. The van der Waals surface area contributed by atoms with Gasteiger partial charge in [0.25, 0.3) is 0 Å². The van der Waals surface area contributed by atoms with Gasteiger partial charge < -0.3 is 15.8 Å². The van der Waals surface area contributed by atoms with Crippen molar-refractivity contribution >= 4 is 23.0 Å². The highest BCUT2D eigenvalue weighted by atomic mass is 16.5. The number of nitrogen functional groups attached to an aromatic ring is 1. The van der Waals surface area contributed by atoms with Gasteiger partial charge in [-0.2, -0.15) is 0 Å². The smallest absolute Gasteiger partial charge is 0.338 e. The van der Waals surface area contributed by atoms with Gasteiger partial charge in [-0.3, -0.25) is 0 Å². The highest BCUT2D eigenvalue weighted by molar-refractivity contribution is 5.92. The van der Waals surface area contributed by atoms with Gasteiger partial charge in [0.2, 0.25) is 0 Å². The SMILES string of the molecule is CCCCc1ccc(Nc2ccc(C(=O)OCC)cc2N)cc1. The normalized spacial score (nSPS) is 10.3. The number of aryl methyl sites for hydroxylation is 1. The Morgan fingerprint density at radius 1 is 1.13 bits per heavy atom. The first kappa shape index (κ1) is 16.9. The van der Waals surface area contributed by atoms with Crippen LogP contribution in [0.15, 0.2) is 42.5 Å². The highest BCUT2D eigenvalue weighted by Gasteiger charge is 2.09. The van der Waals surface area contributed by atoms with Crippen molar-refractivity contribution in [3.63, 3.8) is 0 Å². The molecule has 0 saturated carbocycles. The Hall–Kier alpha value is -2.49. The first-order valence-corrected chi connectivity index (χ1v) is 8.06. The minimum atomic E-state index is -0.356. The van der Waals surface area contributed by atoms with Crippen LogP contribution < -0.4 is 11.1 Å². The average molecular weight is 312 g/mol. The topological polar surface area (TPSA) is 64.3 Å². The first-order valence-electron chi connectivity index (χ1n) is 8.06. The van der Waals surface area contributed by atoms with E-state index in [1.54, 1.807) is 25.1 Å². The predicted molar refractivity (Wildman–Crippen MR) is 95.1 cm³/mol. The molecule has 4 heteroatoms. The van der Waals surface area contributed by atoms with Crippen LogP contribution in [0.5, 0.6) is 0 Å². The number of rotatable bonds is 7. The maximum atomic E-state index is 11.7. The molecule has 0 aromatic heterocycles. The first-order chi connectivity index (χ1) is 11.1. The van der Waals surface area contributed by atoms with E-state index in [-0.39, 0.29) is 5.97 Å². The van der Waals surface area contributed by atoms with Gasteiger partial charge >= 0.3 is 5.97 Å². The summed E-state index contributed by atoms with van der Waals surface area (Å²) in [5.41, 5.74) is 10.1. The third-order valence-electron chi connectivity index (χ3n) is 3.61. The molecule has 0 bridgehead atoms. The Balaban J connectivity index is 2.06. The number of benzene rings is 2. The number of hydrogen-bond donors (Lipinski definition) is 2. The van der Waals surface area contributed by atoms with Crippen LogP contribution in [-0.4, -0.2) is 12.6 Å². The van der Waals surface area contributed by atoms with Crippen molar-refractivity contribution in [1.82, 2.24) is 0 Å². The minimum Gasteiger partial charge on any atom is -0.462 e. The van der Waals surface area contributed by atoms with Crippen LogP contribution in [-0.2, 0) is 11.2 Å². The van der Waals surface area contributed by atoms with Crippen molar-refractivity contribution in [3.05, 3.63) is 53.6 Å². The number of carbonyl (C=O) groups is 1. The van der Waals surface area contributed by atoms with E-state index < -0.39 is 0 Å². The maximum absolute atomic E-state index is 11.7. The quantitative estimate of drug-likeness (QED) is 0.582. The van der Waals surface area contributed by atoms with E-state index in [1.807, 2.05) is 12.1 Å². The molecule has 2 aromatic carbocycles. The summed E-state index contributed by atoms with van der Waals surface area (Å²) in [6.07, 6.45) is 3.51. The van der Waals surface area contributed by atoms with Crippen molar-refractivity contribution in [1.29, 1.82) is 0 Å². The van der Waals surface area contributed by atoms with E-state index in [1.165, 1.54) is 18.4 Å². The molecule has 23 heavy (non-hydrogen) atoms. The zero-order valence-corrected chi connectivity index (χ0v) is 13.8. The van der Waals surface area contributed by atoms with Crippen molar-refractivity contribution in [2.75, 3.05) is 17.7 Å². The lowest BCUT2D eigenvalue weighted by atomic mass is 10.1. The summed E-state index contributed by atoms with van der Waals surface area (Å²) in [6.45, 7) is 4.32. The Morgan fingerprint density at radius 2 is 1.87 bits per heavy atom. The van der Waals surface area contributed by atoms with Gasteiger partial charge in [-0.15, -0.1) is 0 Å². The fraction of sp³-hybridized carbons (Fsp3) is 0.316. The summed E-state index contributed by atoms with van der Waals surface area (Å²) in [7, 11) is 0. The van der Waals surface area contributed by atoms with E-state index in [4.69, 9.17) is 10.5 Å². The Bertz CT molecular complexity index is 651. The fourth-order valence-electron chi connectivity index (χ4n) is 2.31. The Kier molecular flexibility index (Phi) is 6.03. The second kappa shape index (κ2) is 8.22. The van der Waals surface area contributed by atoms with Gasteiger partial charge in [-0.1, -0.05) is 25.5 Å². The molecule has 3 N–H and O–H groups in total. The van der Waals surface area contributed by atoms with E-state index in [9.17, 15) is 4.79 Å². The second-order valence-electron chi connectivity index (χ2n) is 5.45. The van der Waals surface area contributed by atoms with Crippen LogP contribution in [0.3, 0.4) is 0 Å². The van der Waals surface area contributed by atoms with Crippen LogP contribution in [0.2, 0.25) is 0 Å². The number of carbonyl (C=O) groups excluding carboxylic acids is 1. The molecule has 0 unspecified atom stereocenters. The average Bonchev–Trinajstić information content (AvgIpc) is 2.56. The van der Waals surface area contributed by atoms with Crippen molar-refractivity contribution in [2.24, 2.45) is 0 Å². The highest BCUT2D eigenvalue weighted by Crippen LogP contribution is 2.25. The van der Waals surface area contributed by atoms with Gasteiger partial charge in [-0.25, -0.2) is 4.79 Å². The molecule has 0 atom stereocenters. The standard InChI is InChI=1S/C19H24N2O2/c1-3-5-6-14-7-10-16(11-8-14)21-18-12-9-15(13-17(18)20)19(22)23-4-2/h7-13,21H,3-6,20H2,1-2H3. The molecular weight excluding hydrogens is 288 g/mol. The van der Waals surface area contributed by atoms with E-state index in [0.29, 0.717) is 17.9 Å². The maximum Gasteiger partial charge on any atom is 0.338 e. The summed E-state index contributed by atoms with van der Waals surface area (Å²) in [6, 6.07) is 13.5. The summed E-state index contributed by atoms with van der Waals surface area (Å²) >= 11 is 0. The van der Waals surface area contributed by atoms with Crippen molar-refractivity contribution < 1.29 is 9.53 Å². The number of hydrogen-bond acceptors (Lipinski definition) is 4. The number of ether oxygens (including phenoxy) is 1. The molecule has 0 spiro atoms. The fourth-order valence-corrected chi connectivity index (χ4v) is 2.31. The molecule has 0 aliphatic heterocycles. The van der Waals surface area contributed by atoms with Crippen molar-refractivity contribution in [2.45, 2.75) is 33.1 Å². The molecule has 122 valence electrons. The molecule has 0 fully saturated rings. The number of unbranched alkanes of at least 4 members (excludes halogenated alkanes) is 1. The molecule has 0 saturated heterocycles. The molecule has 0 radical (unpaired) electrons. The molecule has 2 aromatic rings. The summed E-state index contributed by atoms with van der Waals surface area (Å²) in [4.78, 5) is 11.7. The van der Waals surface area contributed by atoms with Crippen molar-refractivity contribution in [3.8, 4) is 0 Å². The van der Waals surface area contributed by atoms with Crippen LogP contribution in [0.4, 0.5) is 17.1 Å². The predicted octanol–water partition coefficient (Wildman–Crippen LogP) is 4.53. The lowest BCUT2D eigenvalue weighted by molar-refractivity contribution is 0.0526. The molecular formula is C19H24N2O2. The lowest BCUT2D eigenvalue weighted by Gasteiger charge is -2.11. The zero-order chi connectivity index (χ0) is 16.7.